The molecule has 0 spiro atoms. The van der Waals surface area contributed by atoms with E-state index in [0.29, 0.717) is 0 Å². The lowest BCUT2D eigenvalue weighted by Gasteiger charge is -2.20. The molecule has 0 amide bonds. The fraction of sp³-hybridized carbons (Fsp3) is 0.545. The van der Waals surface area contributed by atoms with Crippen molar-refractivity contribution in [1.29, 1.82) is 0 Å². The molecule has 1 aliphatic rings. The summed E-state index contributed by atoms with van der Waals surface area (Å²) in [4.78, 5) is 4.34. The van der Waals surface area contributed by atoms with Crippen LogP contribution < -0.4 is 0 Å². The van der Waals surface area contributed by atoms with Crippen LogP contribution >= 0.6 is 11.8 Å². The Morgan fingerprint density at radius 2 is 2.00 bits per heavy atom. The number of pyridine rings is 1. The Morgan fingerprint density at radius 1 is 1.15 bits per heavy atom. The molecule has 1 saturated carbocycles. The molecule has 0 atom stereocenters. The molecular formula is C11H15NS. The van der Waals surface area contributed by atoms with Gasteiger partial charge in [0.25, 0.3) is 0 Å². The molecule has 1 heterocycles. The SMILES string of the molecule is c1ccc(SC2CCCCC2)nc1. The molecule has 0 aromatic carbocycles. The average molecular weight is 193 g/mol. The van der Waals surface area contributed by atoms with E-state index in [1.165, 1.54) is 37.1 Å². The van der Waals surface area contributed by atoms with Crippen LogP contribution in [-0.2, 0) is 0 Å². The van der Waals surface area contributed by atoms with Gasteiger partial charge in [0.05, 0.1) is 5.03 Å². The number of nitrogens with zero attached hydrogens (tertiary/aromatic N) is 1. The van der Waals surface area contributed by atoms with Gasteiger partial charge >= 0.3 is 0 Å². The van der Waals surface area contributed by atoms with Crippen LogP contribution in [0.5, 0.6) is 0 Å². The zero-order valence-electron chi connectivity index (χ0n) is 7.78. The summed E-state index contributed by atoms with van der Waals surface area (Å²) in [6, 6.07) is 6.16. The Labute approximate surface area is 84.0 Å². The summed E-state index contributed by atoms with van der Waals surface area (Å²) >= 11 is 1.95. The Hall–Kier alpha value is -0.500. The summed E-state index contributed by atoms with van der Waals surface area (Å²) < 4.78 is 0. The topological polar surface area (TPSA) is 12.9 Å². The van der Waals surface area contributed by atoms with Crippen molar-refractivity contribution in [3.05, 3.63) is 24.4 Å². The smallest absolute Gasteiger partial charge is 0.0962 e. The zero-order chi connectivity index (χ0) is 8.93. The number of hydrogen-bond donors (Lipinski definition) is 0. The van der Waals surface area contributed by atoms with Gasteiger partial charge in [-0.1, -0.05) is 25.3 Å². The van der Waals surface area contributed by atoms with Crippen molar-refractivity contribution >= 4 is 11.8 Å². The molecule has 2 heteroatoms. The van der Waals surface area contributed by atoms with E-state index in [0.717, 1.165) is 5.25 Å². The fourth-order valence-electron chi connectivity index (χ4n) is 1.77. The lowest BCUT2D eigenvalue weighted by Crippen LogP contribution is -2.07. The largest absolute Gasteiger partial charge is 0.250 e. The van der Waals surface area contributed by atoms with Crippen molar-refractivity contribution in [3.8, 4) is 0 Å². The van der Waals surface area contributed by atoms with E-state index >= 15 is 0 Å². The minimum Gasteiger partial charge on any atom is -0.250 e. The lowest BCUT2D eigenvalue weighted by atomic mass is 10.0. The number of aromatic nitrogens is 1. The number of rotatable bonds is 2. The average Bonchev–Trinajstić information content (AvgIpc) is 2.21. The predicted molar refractivity (Wildman–Crippen MR) is 57.0 cm³/mol. The second kappa shape index (κ2) is 4.66. The first-order valence-electron chi connectivity index (χ1n) is 5.03. The normalized spacial score (nSPS) is 18.8. The first-order chi connectivity index (χ1) is 6.45. The Balaban J connectivity index is 1.90. The molecule has 13 heavy (non-hydrogen) atoms. The van der Waals surface area contributed by atoms with E-state index in [-0.39, 0.29) is 0 Å². The summed E-state index contributed by atoms with van der Waals surface area (Å²) in [7, 11) is 0. The highest BCUT2D eigenvalue weighted by Gasteiger charge is 2.14. The van der Waals surface area contributed by atoms with Crippen LogP contribution in [0.1, 0.15) is 32.1 Å². The maximum atomic E-state index is 4.34. The molecule has 1 nitrogen and oxygen atoms in total. The minimum atomic E-state index is 0.823. The molecule has 0 radical (unpaired) electrons. The van der Waals surface area contributed by atoms with Gasteiger partial charge in [0, 0.05) is 11.4 Å². The van der Waals surface area contributed by atoms with Gasteiger partial charge in [-0.25, -0.2) is 4.98 Å². The van der Waals surface area contributed by atoms with Gasteiger partial charge in [-0.3, -0.25) is 0 Å². The molecule has 1 aromatic rings. The van der Waals surface area contributed by atoms with Gasteiger partial charge in [0.15, 0.2) is 0 Å². The van der Waals surface area contributed by atoms with Crippen LogP contribution in [0.4, 0.5) is 0 Å². The summed E-state index contributed by atoms with van der Waals surface area (Å²) in [5, 5.41) is 2.01. The Kier molecular flexibility index (Phi) is 3.25. The van der Waals surface area contributed by atoms with E-state index < -0.39 is 0 Å². The van der Waals surface area contributed by atoms with E-state index in [1.54, 1.807) is 0 Å². The van der Waals surface area contributed by atoms with Crippen LogP contribution in [0.15, 0.2) is 29.4 Å². The third kappa shape index (κ3) is 2.73. The highest BCUT2D eigenvalue weighted by molar-refractivity contribution is 7.99. The highest BCUT2D eigenvalue weighted by Crippen LogP contribution is 2.32. The molecular weight excluding hydrogens is 178 g/mol. The summed E-state index contributed by atoms with van der Waals surface area (Å²) in [5.74, 6) is 0. The molecule has 70 valence electrons. The quantitative estimate of drug-likeness (QED) is 0.713. The van der Waals surface area contributed by atoms with Crippen LogP contribution in [0, 0.1) is 0 Å². The highest BCUT2D eigenvalue weighted by atomic mass is 32.2. The molecule has 0 N–H and O–H groups in total. The van der Waals surface area contributed by atoms with Gasteiger partial charge < -0.3 is 0 Å². The first-order valence-corrected chi connectivity index (χ1v) is 5.91. The van der Waals surface area contributed by atoms with Crippen molar-refractivity contribution in [3.63, 3.8) is 0 Å². The predicted octanol–water partition coefficient (Wildman–Crippen LogP) is 3.51. The van der Waals surface area contributed by atoms with Crippen molar-refractivity contribution < 1.29 is 0 Å². The second-order valence-corrected chi connectivity index (χ2v) is 4.87. The van der Waals surface area contributed by atoms with Gasteiger partial charge in [-0.2, -0.15) is 0 Å². The Morgan fingerprint density at radius 3 is 2.69 bits per heavy atom. The first kappa shape index (κ1) is 9.07. The van der Waals surface area contributed by atoms with Crippen molar-refractivity contribution in [2.75, 3.05) is 0 Å². The molecule has 0 unspecified atom stereocenters. The molecule has 1 aromatic heterocycles. The maximum absolute atomic E-state index is 4.34. The van der Waals surface area contributed by atoms with Crippen molar-refractivity contribution in [1.82, 2.24) is 4.98 Å². The third-order valence-electron chi connectivity index (χ3n) is 2.48. The number of thioether (sulfide) groups is 1. The van der Waals surface area contributed by atoms with E-state index in [9.17, 15) is 0 Å². The van der Waals surface area contributed by atoms with Gasteiger partial charge in [0.2, 0.25) is 0 Å². The minimum absolute atomic E-state index is 0.823. The molecule has 0 bridgehead atoms. The van der Waals surface area contributed by atoms with E-state index in [1.807, 2.05) is 24.0 Å². The maximum Gasteiger partial charge on any atom is 0.0962 e. The van der Waals surface area contributed by atoms with Crippen LogP contribution in [0.2, 0.25) is 0 Å². The van der Waals surface area contributed by atoms with Crippen LogP contribution in [0.25, 0.3) is 0 Å². The van der Waals surface area contributed by atoms with E-state index in [2.05, 4.69) is 17.1 Å². The van der Waals surface area contributed by atoms with E-state index in [4.69, 9.17) is 0 Å². The van der Waals surface area contributed by atoms with Crippen molar-refractivity contribution in [2.45, 2.75) is 42.4 Å². The molecule has 0 saturated heterocycles. The summed E-state index contributed by atoms with van der Waals surface area (Å²) in [5.41, 5.74) is 0. The standard InChI is InChI=1S/C11H15NS/c1-2-6-10(7-3-1)13-11-8-4-5-9-12-11/h4-5,8-10H,1-3,6-7H2. The van der Waals surface area contributed by atoms with Crippen LogP contribution in [0.3, 0.4) is 0 Å². The van der Waals surface area contributed by atoms with Crippen LogP contribution in [-0.4, -0.2) is 10.2 Å². The monoisotopic (exact) mass is 193 g/mol. The molecule has 1 fully saturated rings. The summed E-state index contributed by atoms with van der Waals surface area (Å²) in [6.45, 7) is 0. The summed E-state index contributed by atoms with van der Waals surface area (Å²) in [6.07, 6.45) is 8.88. The zero-order valence-corrected chi connectivity index (χ0v) is 8.59. The van der Waals surface area contributed by atoms with Crippen molar-refractivity contribution in [2.24, 2.45) is 0 Å². The second-order valence-electron chi connectivity index (χ2n) is 3.55. The fourth-order valence-corrected chi connectivity index (χ4v) is 2.96. The van der Waals surface area contributed by atoms with Gasteiger partial charge in [-0.05, 0) is 25.0 Å². The van der Waals surface area contributed by atoms with Gasteiger partial charge in [0.1, 0.15) is 0 Å². The molecule has 2 rings (SSSR count). The van der Waals surface area contributed by atoms with Gasteiger partial charge in [-0.15, -0.1) is 11.8 Å². The third-order valence-corrected chi connectivity index (χ3v) is 3.77. The lowest BCUT2D eigenvalue weighted by molar-refractivity contribution is 0.516. The molecule has 1 aliphatic carbocycles. The molecule has 0 aliphatic heterocycles. The Bertz CT molecular complexity index is 242. The number of hydrogen-bond acceptors (Lipinski definition) is 2.